The van der Waals surface area contributed by atoms with Gasteiger partial charge in [0.2, 0.25) is 0 Å². The molecule has 0 radical (unpaired) electrons. The Hall–Kier alpha value is -0.830. The molecule has 1 heterocycles. The van der Waals surface area contributed by atoms with Gasteiger partial charge in [-0.3, -0.25) is 9.69 Å². The summed E-state index contributed by atoms with van der Waals surface area (Å²) in [6.07, 6.45) is 3.97. The Kier molecular flexibility index (Phi) is 2.65. The van der Waals surface area contributed by atoms with Gasteiger partial charge in [-0.25, -0.2) is 0 Å². The molecule has 0 spiro atoms. The lowest BCUT2D eigenvalue weighted by Gasteiger charge is -2.18. The van der Waals surface area contributed by atoms with E-state index in [0.717, 1.165) is 19.4 Å². The number of carbonyl (C=O) groups is 1. The van der Waals surface area contributed by atoms with E-state index < -0.39 is 5.97 Å². The first-order chi connectivity index (χ1) is 5.24. The first kappa shape index (κ1) is 8.27. The number of aliphatic carboxylic acids is 1. The minimum atomic E-state index is -0.751. The van der Waals surface area contributed by atoms with Crippen LogP contribution in [-0.2, 0) is 4.79 Å². The summed E-state index contributed by atoms with van der Waals surface area (Å²) < 4.78 is 0. The number of carboxylic acids is 1. The molecule has 0 aliphatic carbocycles. The van der Waals surface area contributed by atoms with Crippen molar-refractivity contribution in [3.63, 3.8) is 0 Å². The van der Waals surface area contributed by atoms with E-state index in [0.29, 0.717) is 0 Å². The number of carboxylic acid groups (broad SMARTS) is 1. The number of nitrogens with zero attached hydrogens (tertiary/aromatic N) is 1. The molecule has 62 valence electrons. The van der Waals surface area contributed by atoms with Crippen molar-refractivity contribution in [2.24, 2.45) is 0 Å². The van der Waals surface area contributed by atoms with Crippen molar-refractivity contribution in [2.75, 3.05) is 13.1 Å². The van der Waals surface area contributed by atoms with Gasteiger partial charge in [-0.1, -0.05) is 6.08 Å². The largest absolute Gasteiger partial charge is 0.480 e. The van der Waals surface area contributed by atoms with Gasteiger partial charge in [-0.2, -0.15) is 0 Å². The molecule has 0 saturated carbocycles. The lowest BCUT2D eigenvalue weighted by molar-refractivity contribution is -0.138. The maximum absolute atomic E-state index is 10.3. The zero-order valence-corrected chi connectivity index (χ0v) is 6.49. The second kappa shape index (κ2) is 3.53. The zero-order valence-electron chi connectivity index (χ0n) is 6.49. The van der Waals surface area contributed by atoms with Crippen LogP contribution in [0.2, 0.25) is 0 Å². The van der Waals surface area contributed by atoms with Crippen LogP contribution < -0.4 is 0 Å². The maximum Gasteiger partial charge on any atom is 0.317 e. The van der Waals surface area contributed by atoms with Gasteiger partial charge in [-0.05, 0) is 19.4 Å². The first-order valence-corrected chi connectivity index (χ1v) is 3.82. The molecule has 3 heteroatoms. The fourth-order valence-electron chi connectivity index (χ4n) is 1.49. The third-order valence-electron chi connectivity index (χ3n) is 2.02. The van der Waals surface area contributed by atoms with Crippen LogP contribution in [0.5, 0.6) is 0 Å². The Balaban J connectivity index is 2.43. The summed E-state index contributed by atoms with van der Waals surface area (Å²) in [6, 6.07) is 0.283. The standard InChI is InChI=1S/C8H13NO2/c1-2-7-4-3-5-9(7)6-8(10)11/h2,7H,1,3-6H2,(H,10,11). The van der Waals surface area contributed by atoms with Crippen LogP contribution in [0, 0.1) is 0 Å². The highest BCUT2D eigenvalue weighted by Crippen LogP contribution is 2.16. The molecule has 3 nitrogen and oxygen atoms in total. The Labute approximate surface area is 66.3 Å². The predicted molar refractivity (Wildman–Crippen MR) is 42.4 cm³/mol. The van der Waals surface area contributed by atoms with Crippen LogP contribution in [-0.4, -0.2) is 35.1 Å². The quantitative estimate of drug-likeness (QED) is 0.610. The van der Waals surface area contributed by atoms with E-state index in [-0.39, 0.29) is 12.6 Å². The summed E-state index contributed by atoms with van der Waals surface area (Å²) in [5.74, 6) is -0.751. The van der Waals surface area contributed by atoms with Crippen LogP contribution in [0.4, 0.5) is 0 Å². The number of rotatable bonds is 3. The third kappa shape index (κ3) is 2.05. The molecule has 0 bridgehead atoms. The zero-order chi connectivity index (χ0) is 8.27. The van der Waals surface area contributed by atoms with Crippen molar-refractivity contribution in [3.8, 4) is 0 Å². The van der Waals surface area contributed by atoms with Crippen LogP contribution >= 0.6 is 0 Å². The Bertz CT molecular complexity index is 167. The van der Waals surface area contributed by atoms with E-state index >= 15 is 0 Å². The molecule has 0 amide bonds. The highest BCUT2D eigenvalue weighted by Gasteiger charge is 2.22. The van der Waals surface area contributed by atoms with Gasteiger partial charge < -0.3 is 5.11 Å². The lowest BCUT2D eigenvalue weighted by atomic mass is 10.2. The van der Waals surface area contributed by atoms with E-state index in [1.807, 2.05) is 11.0 Å². The number of likely N-dealkylation sites (tertiary alicyclic amines) is 1. The third-order valence-corrected chi connectivity index (χ3v) is 2.02. The van der Waals surface area contributed by atoms with Gasteiger partial charge >= 0.3 is 5.97 Å². The Morgan fingerprint density at radius 1 is 1.82 bits per heavy atom. The molecule has 1 rings (SSSR count). The molecule has 1 saturated heterocycles. The molecular weight excluding hydrogens is 142 g/mol. The summed E-state index contributed by atoms with van der Waals surface area (Å²) >= 11 is 0. The van der Waals surface area contributed by atoms with E-state index in [1.165, 1.54) is 0 Å². The molecule has 1 fully saturated rings. The minimum Gasteiger partial charge on any atom is -0.480 e. The predicted octanol–water partition coefficient (Wildman–Crippen LogP) is 0.721. The normalized spacial score (nSPS) is 25.3. The van der Waals surface area contributed by atoms with Crippen molar-refractivity contribution in [3.05, 3.63) is 12.7 Å². The topological polar surface area (TPSA) is 40.5 Å². The summed E-state index contributed by atoms with van der Waals surface area (Å²) in [5, 5.41) is 8.51. The van der Waals surface area contributed by atoms with Gasteiger partial charge in [0.1, 0.15) is 0 Å². The summed E-state index contributed by atoms with van der Waals surface area (Å²) in [5.41, 5.74) is 0. The first-order valence-electron chi connectivity index (χ1n) is 3.82. The minimum absolute atomic E-state index is 0.149. The molecule has 1 aliphatic heterocycles. The molecular formula is C8H13NO2. The highest BCUT2D eigenvalue weighted by atomic mass is 16.4. The van der Waals surface area contributed by atoms with Crippen LogP contribution in [0.1, 0.15) is 12.8 Å². The molecule has 11 heavy (non-hydrogen) atoms. The molecule has 0 aromatic carbocycles. The summed E-state index contributed by atoms with van der Waals surface area (Å²) in [7, 11) is 0. The molecule has 1 atom stereocenters. The van der Waals surface area contributed by atoms with Crippen LogP contribution in [0.15, 0.2) is 12.7 Å². The number of hydrogen-bond donors (Lipinski definition) is 1. The molecule has 1 N–H and O–H groups in total. The van der Waals surface area contributed by atoms with Crippen molar-refractivity contribution >= 4 is 5.97 Å². The second-order valence-electron chi connectivity index (χ2n) is 2.81. The van der Waals surface area contributed by atoms with Gasteiger partial charge in [0.25, 0.3) is 0 Å². The molecule has 0 aromatic heterocycles. The second-order valence-corrected chi connectivity index (χ2v) is 2.81. The SMILES string of the molecule is C=CC1CCCN1CC(=O)O. The van der Waals surface area contributed by atoms with Gasteiger partial charge in [0.15, 0.2) is 0 Å². The van der Waals surface area contributed by atoms with E-state index in [1.54, 1.807) is 0 Å². The van der Waals surface area contributed by atoms with E-state index in [9.17, 15) is 4.79 Å². The molecule has 1 aliphatic rings. The maximum atomic E-state index is 10.3. The fraction of sp³-hybridized carbons (Fsp3) is 0.625. The van der Waals surface area contributed by atoms with Crippen LogP contribution in [0.3, 0.4) is 0 Å². The fourth-order valence-corrected chi connectivity index (χ4v) is 1.49. The summed E-state index contributed by atoms with van der Waals surface area (Å²) in [6.45, 7) is 4.71. The lowest BCUT2D eigenvalue weighted by Crippen LogP contribution is -2.32. The van der Waals surface area contributed by atoms with Gasteiger partial charge in [0.05, 0.1) is 6.54 Å². The van der Waals surface area contributed by atoms with Gasteiger partial charge in [0, 0.05) is 6.04 Å². The average Bonchev–Trinajstić information content (AvgIpc) is 2.34. The van der Waals surface area contributed by atoms with Crippen molar-refractivity contribution in [1.82, 2.24) is 4.90 Å². The monoisotopic (exact) mass is 155 g/mol. The van der Waals surface area contributed by atoms with E-state index in [4.69, 9.17) is 5.11 Å². The average molecular weight is 155 g/mol. The van der Waals surface area contributed by atoms with E-state index in [2.05, 4.69) is 6.58 Å². The van der Waals surface area contributed by atoms with Crippen molar-refractivity contribution < 1.29 is 9.90 Å². The molecule has 1 unspecified atom stereocenters. The highest BCUT2D eigenvalue weighted by molar-refractivity contribution is 5.69. The van der Waals surface area contributed by atoms with Crippen molar-refractivity contribution in [1.29, 1.82) is 0 Å². The van der Waals surface area contributed by atoms with Crippen molar-refractivity contribution in [2.45, 2.75) is 18.9 Å². The number of hydrogen-bond acceptors (Lipinski definition) is 2. The molecule has 0 aromatic rings. The smallest absolute Gasteiger partial charge is 0.317 e. The van der Waals surface area contributed by atoms with Gasteiger partial charge in [-0.15, -0.1) is 6.58 Å². The summed E-state index contributed by atoms with van der Waals surface area (Å²) in [4.78, 5) is 12.3. The van der Waals surface area contributed by atoms with Crippen LogP contribution in [0.25, 0.3) is 0 Å². The Morgan fingerprint density at radius 2 is 2.55 bits per heavy atom. The Morgan fingerprint density at radius 3 is 3.09 bits per heavy atom.